The highest BCUT2D eigenvalue weighted by Gasteiger charge is 2.05. The van der Waals surface area contributed by atoms with Crippen molar-refractivity contribution in [1.29, 1.82) is 0 Å². The number of thiazole rings is 1. The lowest BCUT2D eigenvalue weighted by Crippen LogP contribution is -1.71. The average molecular weight is 327 g/mol. The predicted molar refractivity (Wildman–Crippen MR) is 60.0 cm³/mol. The van der Waals surface area contributed by atoms with Crippen LogP contribution < -0.4 is 0 Å². The summed E-state index contributed by atoms with van der Waals surface area (Å²) in [7, 11) is 0. The molecule has 0 amide bonds. The van der Waals surface area contributed by atoms with Gasteiger partial charge < -0.3 is 0 Å². The molecule has 2 aromatic rings. The van der Waals surface area contributed by atoms with Crippen molar-refractivity contribution in [1.82, 2.24) is 4.98 Å². The minimum absolute atomic E-state index is 0.573. The van der Waals surface area contributed by atoms with Crippen LogP contribution in [0.2, 0.25) is 4.47 Å². The molecule has 0 saturated heterocycles. The number of rotatable bonds is 0. The highest BCUT2D eigenvalue weighted by molar-refractivity contribution is 9.11. The Balaban J connectivity index is 2.88. The zero-order chi connectivity index (χ0) is 8.72. The minimum Gasteiger partial charge on any atom is -0.224 e. The van der Waals surface area contributed by atoms with Gasteiger partial charge in [-0.05, 0) is 28.1 Å². The van der Waals surface area contributed by atoms with Crippen LogP contribution in [0, 0.1) is 0 Å². The lowest BCUT2D eigenvalue weighted by Gasteiger charge is -1.92. The second-order valence-electron chi connectivity index (χ2n) is 2.20. The van der Waals surface area contributed by atoms with Gasteiger partial charge in [-0.25, -0.2) is 4.98 Å². The Labute approximate surface area is 95.0 Å². The molecule has 0 radical (unpaired) electrons. The van der Waals surface area contributed by atoms with Crippen LogP contribution in [0.4, 0.5) is 0 Å². The third kappa shape index (κ3) is 1.53. The average Bonchev–Trinajstić information content (AvgIpc) is 2.29. The lowest BCUT2D eigenvalue weighted by molar-refractivity contribution is 1.48. The molecule has 5 heteroatoms. The molecular weight excluding hydrogens is 325 g/mol. The topological polar surface area (TPSA) is 12.9 Å². The van der Waals surface area contributed by atoms with Crippen molar-refractivity contribution in [2.24, 2.45) is 0 Å². The van der Waals surface area contributed by atoms with Gasteiger partial charge in [0.15, 0.2) is 4.47 Å². The van der Waals surface area contributed by atoms with E-state index in [-0.39, 0.29) is 0 Å². The van der Waals surface area contributed by atoms with Gasteiger partial charge in [-0.1, -0.05) is 27.5 Å². The van der Waals surface area contributed by atoms with E-state index in [1.807, 2.05) is 12.1 Å². The summed E-state index contributed by atoms with van der Waals surface area (Å²) >= 11 is 14.1. The van der Waals surface area contributed by atoms with Crippen LogP contribution in [-0.4, -0.2) is 4.98 Å². The Morgan fingerprint density at radius 2 is 2.08 bits per heavy atom. The summed E-state index contributed by atoms with van der Waals surface area (Å²) < 4.78 is 3.65. The second-order valence-corrected chi connectivity index (χ2v) is 5.58. The normalized spacial score (nSPS) is 10.9. The Morgan fingerprint density at radius 1 is 1.33 bits per heavy atom. The molecule has 0 aliphatic rings. The summed E-state index contributed by atoms with van der Waals surface area (Å²) in [5.74, 6) is 0. The van der Waals surface area contributed by atoms with Crippen LogP contribution in [0.1, 0.15) is 0 Å². The van der Waals surface area contributed by atoms with Gasteiger partial charge in [-0.3, -0.25) is 0 Å². The summed E-state index contributed by atoms with van der Waals surface area (Å²) in [6, 6.07) is 3.96. The van der Waals surface area contributed by atoms with E-state index in [4.69, 9.17) is 11.6 Å². The van der Waals surface area contributed by atoms with E-state index < -0.39 is 0 Å². The van der Waals surface area contributed by atoms with Crippen molar-refractivity contribution in [3.63, 3.8) is 0 Å². The molecule has 0 bridgehead atoms. The van der Waals surface area contributed by atoms with Gasteiger partial charge in [0.05, 0.1) is 10.2 Å². The van der Waals surface area contributed by atoms with Crippen molar-refractivity contribution in [2.75, 3.05) is 0 Å². The van der Waals surface area contributed by atoms with Crippen LogP contribution in [0.5, 0.6) is 0 Å². The standard InChI is InChI=1S/C7H2Br2ClNS/c8-3-1-4(9)6-5(2-3)12-7(10)11-6/h1-2H. The van der Waals surface area contributed by atoms with Gasteiger partial charge in [0, 0.05) is 8.95 Å². The summed E-state index contributed by atoms with van der Waals surface area (Å²) in [6.07, 6.45) is 0. The Hall–Kier alpha value is 0.360. The first-order chi connectivity index (χ1) is 5.66. The van der Waals surface area contributed by atoms with Gasteiger partial charge in [-0.15, -0.1) is 11.3 Å². The first-order valence-electron chi connectivity index (χ1n) is 3.08. The summed E-state index contributed by atoms with van der Waals surface area (Å²) in [5, 5.41) is 0. The number of aromatic nitrogens is 1. The van der Waals surface area contributed by atoms with E-state index in [9.17, 15) is 0 Å². The van der Waals surface area contributed by atoms with Gasteiger partial charge in [0.2, 0.25) is 0 Å². The maximum Gasteiger partial charge on any atom is 0.184 e. The summed E-state index contributed by atoms with van der Waals surface area (Å²) in [5.41, 5.74) is 0.924. The monoisotopic (exact) mass is 325 g/mol. The first-order valence-corrected chi connectivity index (χ1v) is 5.86. The zero-order valence-electron chi connectivity index (χ0n) is 5.64. The van der Waals surface area contributed by atoms with Crippen molar-refractivity contribution in [3.8, 4) is 0 Å². The molecule has 62 valence electrons. The maximum atomic E-state index is 5.78. The summed E-state index contributed by atoms with van der Waals surface area (Å²) in [4.78, 5) is 4.17. The molecule has 1 aromatic heterocycles. The molecule has 0 saturated carbocycles. The van der Waals surface area contributed by atoms with Crippen molar-refractivity contribution in [3.05, 3.63) is 25.5 Å². The van der Waals surface area contributed by atoms with Gasteiger partial charge in [0.25, 0.3) is 0 Å². The lowest BCUT2D eigenvalue weighted by atomic mass is 10.3. The molecule has 1 aromatic carbocycles. The van der Waals surface area contributed by atoms with E-state index in [0.29, 0.717) is 4.47 Å². The summed E-state index contributed by atoms with van der Waals surface area (Å²) in [6.45, 7) is 0. The number of benzene rings is 1. The molecule has 0 fully saturated rings. The fourth-order valence-electron chi connectivity index (χ4n) is 0.930. The van der Waals surface area contributed by atoms with Crippen LogP contribution in [0.25, 0.3) is 10.2 Å². The Morgan fingerprint density at radius 3 is 2.83 bits per heavy atom. The van der Waals surface area contributed by atoms with Gasteiger partial charge >= 0.3 is 0 Å². The van der Waals surface area contributed by atoms with E-state index in [0.717, 1.165) is 19.2 Å². The molecule has 0 spiro atoms. The first kappa shape index (κ1) is 8.94. The van der Waals surface area contributed by atoms with Crippen LogP contribution in [0.15, 0.2) is 21.1 Å². The van der Waals surface area contributed by atoms with E-state index in [1.165, 1.54) is 11.3 Å². The fourth-order valence-corrected chi connectivity index (χ4v) is 3.62. The van der Waals surface area contributed by atoms with Crippen LogP contribution >= 0.6 is 54.8 Å². The highest BCUT2D eigenvalue weighted by atomic mass is 79.9. The van der Waals surface area contributed by atoms with Crippen LogP contribution in [0.3, 0.4) is 0 Å². The number of hydrogen-bond donors (Lipinski definition) is 0. The van der Waals surface area contributed by atoms with Gasteiger partial charge in [0.1, 0.15) is 0 Å². The maximum absolute atomic E-state index is 5.78. The molecule has 12 heavy (non-hydrogen) atoms. The second kappa shape index (κ2) is 3.25. The number of fused-ring (bicyclic) bond motifs is 1. The largest absolute Gasteiger partial charge is 0.224 e. The Kier molecular flexibility index (Phi) is 2.42. The smallest absolute Gasteiger partial charge is 0.184 e. The molecule has 1 nitrogen and oxygen atoms in total. The molecule has 1 heterocycles. The third-order valence-electron chi connectivity index (χ3n) is 1.39. The molecular formula is C7H2Br2ClNS. The minimum atomic E-state index is 0.573. The molecule has 0 aliphatic heterocycles. The van der Waals surface area contributed by atoms with Gasteiger partial charge in [-0.2, -0.15) is 0 Å². The zero-order valence-corrected chi connectivity index (χ0v) is 10.4. The van der Waals surface area contributed by atoms with Crippen molar-refractivity contribution in [2.45, 2.75) is 0 Å². The Bertz CT molecular complexity index is 440. The van der Waals surface area contributed by atoms with Crippen molar-refractivity contribution >= 4 is 65.0 Å². The number of halogens is 3. The highest BCUT2D eigenvalue weighted by Crippen LogP contribution is 2.33. The van der Waals surface area contributed by atoms with E-state index in [1.54, 1.807) is 0 Å². The number of nitrogens with zero attached hydrogens (tertiary/aromatic N) is 1. The number of hydrogen-bond acceptors (Lipinski definition) is 2. The quantitative estimate of drug-likeness (QED) is 0.695. The molecule has 0 aliphatic carbocycles. The van der Waals surface area contributed by atoms with Crippen molar-refractivity contribution < 1.29 is 0 Å². The van der Waals surface area contributed by atoms with E-state index in [2.05, 4.69) is 36.8 Å². The fraction of sp³-hybridized carbons (Fsp3) is 0. The SMILES string of the molecule is Clc1nc2c(Br)cc(Br)cc2s1. The molecule has 0 N–H and O–H groups in total. The van der Waals surface area contributed by atoms with Crippen LogP contribution in [-0.2, 0) is 0 Å². The molecule has 0 atom stereocenters. The third-order valence-corrected chi connectivity index (χ3v) is 3.56. The van der Waals surface area contributed by atoms with E-state index >= 15 is 0 Å². The molecule has 2 rings (SSSR count). The molecule has 0 unspecified atom stereocenters. The predicted octanol–water partition coefficient (Wildman–Crippen LogP) is 4.47.